The van der Waals surface area contributed by atoms with Crippen LogP contribution in [-0.4, -0.2) is 21.0 Å². The van der Waals surface area contributed by atoms with Gasteiger partial charge in [-0.2, -0.15) is 0 Å². The number of benzene rings is 4. The summed E-state index contributed by atoms with van der Waals surface area (Å²) >= 11 is 0. The third kappa shape index (κ3) is 17.6. The average molecular weight is 772 g/mol. The molecule has 0 aliphatic heterocycles. The summed E-state index contributed by atoms with van der Waals surface area (Å²) in [6.07, 6.45) is 7.98. The van der Waals surface area contributed by atoms with Crippen molar-refractivity contribution in [3.8, 4) is 11.4 Å². The molecule has 0 amide bonds. The minimum atomic E-state index is -1.11. The minimum Gasteiger partial charge on any atom is -0.668 e. The van der Waals surface area contributed by atoms with Crippen LogP contribution in [0.4, 0.5) is 0 Å². The molecule has 0 bridgehead atoms. The molecular weight excluding hydrogens is 702 g/mol. The van der Waals surface area contributed by atoms with E-state index in [1.165, 1.54) is 44.8 Å². The second-order valence-corrected chi connectivity index (χ2v) is 26.7. The van der Waals surface area contributed by atoms with E-state index in [9.17, 15) is 0 Å². The molecule has 5 rings (SSSR count). The topological polar surface area (TPSA) is 22.9 Å². The summed E-state index contributed by atoms with van der Waals surface area (Å²) < 4.78 is 9.22. The number of imidazole rings is 1. The van der Waals surface area contributed by atoms with E-state index in [2.05, 4.69) is 197 Å². The van der Waals surface area contributed by atoms with E-state index < -0.39 is 16.5 Å². The Morgan fingerprint density at radius 1 is 0.509 bits per heavy atom. The Labute approximate surface area is 370 Å². The Balaban J connectivity index is 0.000000471. The maximum Gasteiger partial charge on any atom is 1.00 e. The summed E-state index contributed by atoms with van der Waals surface area (Å²) in [5.41, 5.74) is 10.7. The number of nitrogens with zero attached hydrogens (tertiary/aromatic N) is 3. The van der Waals surface area contributed by atoms with E-state index in [0.717, 1.165) is 0 Å². The number of aryl methyl sites for hydroxylation is 2. The normalized spacial score (nSPS) is 11.2. The van der Waals surface area contributed by atoms with Crippen molar-refractivity contribution in [1.29, 1.82) is 0 Å². The van der Waals surface area contributed by atoms with Gasteiger partial charge in [-0.25, -0.2) is 0 Å². The van der Waals surface area contributed by atoms with Gasteiger partial charge in [-0.3, -0.25) is 9.13 Å². The molecule has 4 aromatic carbocycles. The van der Waals surface area contributed by atoms with E-state index in [0.29, 0.717) is 23.7 Å². The zero-order valence-electron chi connectivity index (χ0n) is 36.5. The standard InChI is InChI=1S/C27H36N2.2C7H8.C6H18NSi2.K/c1-18(2)22-11-9-12-23(19(3)4)26(22)28-15-16-29(17-28)27-24(20(5)6)13-10-14-25(27)21(7)8;2*1-7-5-3-2-4-6-7;1-8(2,3)7-9(4,5)6;/h9-16,18-21H,1-8H3;2*2-6H,1H3;1-6H3;/q;;;-1;+1. The van der Waals surface area contributed by atoms with Crippen LogP contribution in [0.3, 0.4) is 0 Å². The molecule has 1 aromatic heterocycles. The number of hydrogen-bond acceptors (Lipinski definition) is 0. The molecule has 53 heavy (non-hydrogen) atoms. The quantitative estimate of drug-likeness (QED) is 0.0852. The van der Waals surface area contributed by atoms with Crippen molar-refractivity contribution >= 4 is 16.5 Å². The van der Waals surface area contributed by atoms with Gasteiger partial charge >= 0.3 is 51.4 Å². The molecule has 0 fully saturated rings. The molecule has 0 aliphatic carbocycles. The summed E-state index contributed by atoms with van der Waals surface area (Å²) in [4.78, 5) is 0. The number of para-hydroxylation sites is 2. The molecule has 0 aliphatic rings. The Bertz CT molecular complexity index is 1570. The van der Waals surface area contributed by atoms with E-state index in [1.54, 1.807) is 0 Å². The fourth-order valence-electron chi connectivity index (χ4n) is 6.22. The van der Waals surface area contributed by atoms with Crippen LogP contribution in [0.25, 0.3) is 16.0 Å². The van der Waals surface area contributed by atoms with Crippen LogP contribution in [-0.2, 0) is 0 Å². The van der Waals surface area contributed by atoms with Crippen LogP contribution >= 0.6 is 0 Å². The van der Waals surface area contributed by atoms with Crippen LogP contribution in [0.2, 0.25) is 39.3 Å². The molecule has 0 radical (unpaired) electrons. The van der Waals surface area contributed by atoms with Crippen LogP contribution in [0, 0.1) is 20.2 Å². The van der Waals surface area contributed by atoms with Gasteiger partial charge in [-0.05, 0) is 59.8 Å². The molecular formula is C47H70KN3Si2. The van der Waals surface area contributed by atoms with Crippen LogP contribution < -0.4 is 56.0 Å². The Hall–Kier alpha value is -1.88. The smallest absolute Gasteiger partial charge is 0.668 e. The zero-order valence-corrected chi connectivity index (χ0v) is 41.7. The Kier molecular flexibility index (Phi) is 21.6. The molecule has 0 unspecified atom stereocenters. The van der Waals surface area contributed by atoms with Gasteiger partial charge in [0.25, 0.3) is 6.33 Å². The SMILES string of the molecule is CC(C)c1cccc(C(C)C)c1-n1[c-][n+](-c2c(C(C)C)cccc2C(C)C)cc1.C[Si](C)(C)[N-][Si](C)(C)C.Cc1ccccc1.Cc1ccccc1.[K+]. The second kappa shape index (κ2) is 23.2. The van der Waals surface area contributed by atoms with Gasteiger partial charge in [-0.15, -0.1) is 0 Å². The summed E-state index contributed by atoms with van der Waals surface area (Å²) in [6.45, 7) is 36.1. The van der Waals surface area contributed by atoms with Crippen molar-refractivity contribution in [2.45, 2.75) is 132 Å². The number of hydrogen-bond donors (Lipinski definition) is 0. The van der Waals surface area contributed by atoms with Crippen LogP contribution in [0.15, 0.2) is 109 Å². The minimum absolute atomic E-state index is 0. The summed E-state index contributed by atoms with van der Waals surface area (Å²) in [5.74, 6) is 1.84. The van der Waals surface area contributed by atoms with Gasteiger partial charge < -0.3 is 4.65 Å². The molecule has 1 heterocycles. The Morgan fingerprint density at radius 2 is 0.849 bits per heavy atom. The second-order valence-electron chi connectivity index (χ2n) is 17.1. The predicted molar refractivity (Wildman–Crippen MR) is 235 cm³/mol. The van der Waals surface area contributed by atoms with Crippen molar-refractivity contribution in [1.82, 2.24) is 4.57 Å². The van der Waals surface area contributed by atoms with Gasteiger partial charge in [0.2, 0.25) is 0 Å². The first kappa shape index (κ1) is 49.1. The van der Waals surface area contributed by atoms with Gasteiger partial charge in [0.1, 0.15) is 0 Å². The average Bonchev–Trinajstić information content (AvgIpc) is 3.53. The van der Waals surface area contributed by atoms with Gasteiger partial charge in [0.15, 0.2) is 0 Å². The third-order valence-corrected chi connectivity index (χ3v) is 13.7. The van der Waals surface area contributed by atoms with Crippen molar-refractivity contribution in [2.75, 3.05) is 0 Å². The third-order valence-electron chi connectivity index (χ3n) is 8.30. The zero-order chi connectivity index (χ0) is 39.2. The largest absolute Gasteiger partial charge is 1.00 e. The van der Waals surface area contributed by atoms with E-state index >= 15 is 0 Å². The molecule has 3 nitrogen and oxygen atoms in total. The van der Waals surface area contributed by atoms with Gasteiger partial charge in [0.05, 0.1) is 11.4 Å². The van der Waals surface area contributed by atoms with E-state index in [4.69, 9.17) is 4.65 Å². The maximum absolute atomic E-state index is 4.82. The van der Waals surface area contributed by atoms with Gasteiger partial charge in [-0.1, -0.05) is 219 Å². The first-order chi connectivity index (χ1) is 24.2. The van der Waals surface area contributed by atoms with Crippen LogP contribution in [0.5, 0.6) is 0 Å². The van der Waals surface area contributed by atoms with E-state index in [1.807, 2.05) is 36.4 Å². The molecule has 6 heteroatoms. The predicted octanol–water partition coefficient (Wildman–Crippen LogP) is 11.1. The monoisotopic (exact) mass is 771 g/mol. The maximum atomic E-state index is 4.82. The van der Waals surface area contributed by atoms with Gasteiger partial charge in [0, 0.05) is 12.4 Å². The molecule has 0 saturated carbocycles. The summed E-state index contributed by atoms with van der Waals surface area (Å²) in [6, 6.07) is 33.9. The first-order valence-corrected chi connectivity index (χ1v) is 26.2. The first-order valence-electron chi connectivity index (χ1n) is 19.3. The van der Waals surface area contributed by atoms with Crippen molar-refractivity contribution in [3.05, 3.63) is 154 Å². The van der Waals surface area contributed by atoms with Crippen molar-refractivity contribution in [2.24, 2.45) is 0 Å². The molecule has 282 valence electrons. The summed E-state index contributed by atoms with van der Waals surface area (Å²) in [7, 11) is -2.21. The summed E-state index contributed by atoms with van der Waals surface area (Å²) in [5, 5.41) is 0. The van der Waals surface area contributed by atoms with Crippen LogP contribution in [0.1, 0.15) is 112 Å². The molecule has 0 spiro atoms. The van der Waals surface area contributed by atoms with E-state index in [-0.39, 0.29) is 51.4 Å². The number of rotatable bonds is 8. The fourth-order valence-corrected chi connectivity index (χ4v) is 14.3. The Morgan fingerprint density at radius 3 is 1.11 bits per heavy atom. The molecule has 0 atom stereocenters. The molecule has 0 N–H and O–H groups in total. The fraction of sp³-hybridized carbons (Fsp3) is 0.426. The number of aromatic nitrogens is 2. The van der Waals surface area contributed by atoms with Crippen molar-refractivity contribution in [3.63, 3.8) is 0 Å². The molecule has 5 aromatic rings. The van der Waals surface area contributed by atoms with Crippen molar-refractivity contribution < 1.29 is 56.0 Å². The molecule has 0 saturated heterocycles.